The summed E-state index contributed by atoms with van der Waals surface area (Å²) in [7, 11) is 1.66. The van der Waals surface area contributed by atoms with Gasteiger partial charge in [0, 0.05) is 18.7 Å². The molecule has 1 saturated heterocycles. The number of nitrogens with one attached hydrogen (secondary N) is 1. The summed E-state index contributed by atoms with van der Waals surface area (Å²) in [4.78, 5) is 23.5. The van der Waals surface area contributed by atoms with Crippen molar-refractivity contribution in [3.8, 4) is 0 Å². The minimum Gasteiger partial charge on any atom is -0.309 e. The van der Waals surface area contributed by atoms with E-state index in [1.165, 1.54) is 4.90 Å². The SMILES string of the molecule is CNC1CCCN(c2cc([N+](=O)[O-])ccc2F)C1=O. The Morgan fingerprint density at radius 1 is 1.53 bits per heavy atom. The number of non-ortho nitro benzene ring substituents is 1. The van der Waals surface area contributed by atoms with Crippen LogP contribution in [0.5, 0.6) is 0 Å². The lowest BCUT2D eigenvalue weighted by atomic mass is 10.0. The minimum absolute atomic E-state index is 0.0286. The van der Waals surface area contributed by atoms with Crippen LogP contribution in [-0.2, 0) is 4.79 Å². The molecule has 0 bridgehead atoms. The molecule has 102 valence electrons. The summed E-state index contributed by atoms with van der Waals surface area (Å²) in [5.41, 5.74) is -0.255. The summed E-state index contributed by atoms with van der Waals surface area (Å²) in [6.45, 7) is 0.370. The van der Waals surface area contributed by atoms with E-state index in [1.807, 2.05) is 0 Å². The van der Waals surface area contributed by atoms with Crippen molar-refractivity contribution in [2.75, 3.05) is 18.5 Å². The Bertz CT molecular complexity index is 521. The Morgan fingerprint density at radius 3 is 2.89 bits per heavy atom. The third-order valence-corrected chi connectivity index (χ3v) is 3.22. The third-order valence-electron chi connectivity index (χ3n) is 3.22. The maximum Gasteiger partial charge on any atom is 0.271 e. The van der Waals surface area contributed by atoms with Crippen molar-refractivity contribution in [3.05, 3.63) is 34.1 Å². The maximum atomic E-state index is 13.8. The van der Waals surface area contributed by atoms with Crippen LogP contribution in [0.25, 0.3) is 0 Å². The van der Waals surface area contributed by atoms with E-state index in [1.54, 1.807) is 7.05 Å². The molecule has 0 radical (unpaired) electrons. The Morgan fingerprint density at radius 2 is 2.26 bits per heavy atom. The van der Waals surface area contributed by atoms with Crippen LogP contribution >= 0.6 is 0 Å². The summed E-state index contributed by atoms with van der Waals surface area (Å²) in [6, 6.07) is 2.84. The lowest BCUT2D eigenvalue weighted by molar-refractivity contribution is -0.384. The molecule has 1 aromatic rings. The Labute approximate surface area is 109 Å². The number of anilines is 1. The van der Waals surface area contributed by atoms with E-state index in [9.17, 15) is 19.3 Å². The van der Waals surface area contributed by atoms with Crippen LogP contribution in [0, 0.1) is 15.9 Å². The van der Waals surface area contributed by atoms with Gasteiger partial charge in [0.25, 0.3) is 5.69 Å². The van der Waals surface area contributed by atoms with Crippen molar-refractivity contribution >= 4 is 17.3 Å². The first-order valence-electron chi connectivity index (χ1n) is 5.97. The van der Waals surface area contributed by atoms with Crippen LogP contribution in [0.3, 0.4) is 0 Å². The van der Waals surface area contributed by atoms with Crippen molar-refractivity contribution in [3.63, 3.8) is 0 Å². The highest BCUT2D eigenvalue weighted by atomic mass is 19.1. The molecule has 1 N–H and O–H groups in total. The third kappa shape index (κ3) is 2.55. The second-order valence-electron chi connectivity index (χ2n) is 4.37. The number of rotatable bonds is 3. The van der Waals surface area contributed by atoms with E-state index < -0.39 is 10.7 Å². The van der Waals surface area contributed by atoms with Crippen LogP contribution in [0.4, 0.5) is 15.8 Å². The molecular formula is C12H14FN3O3. The molecule has 0 aromatic heterocycles. The zero-order chi connectivity index (χ0) is 14.0. The number of nitro benzene ring substituents is 1. The quantitative estimate of drug-likeness (QED) is 0.664. The molecule has 19 heavy (non-hydrogen) atoms. The Hall–Kier alpha value is -2.02. The Kier molecular flexibility index (Phi) is 3.75. The molecule has 1 heterocycles. The second-order valence-corrected chi connectivity index (χ2v) is 4.37. The van der Waals surface area contributed by atoms with Crippen LogP contribution in [0.1, 0.15) is 12.8 Å². The van der Waals surface area contributed by atoms with Crippen LogP contribution < -0.4 is 10.2 Å². The van der Waals surface area contributed by atoms with E-state index in [-0.39, 0.29) is 23.3 Å². The summed E-state index contributed by atoms with van der Waals surface area (Å²) in [5.74, 6) is -0.885. The van der Waals surface area contributed by atoms with Gasteiger partial charge in [-0.2, -0.15) is 0 Å². The lowest BCUT2D eigenvalue weighted by Gasteiger charge is -2.32. The number of hydrogen-bond acceptors (Lipinski definition) is 4. The summed E-state index contributed by atoms with van der Waals surface area (Å²) < 4.78 is 13.8. The van der Waals surface area contributed by atoms with Crippen molar-refractivity contribution < 1.29 is 14.1 Å². The number of carbonyl (C=O) groups excluding carboxylic acids is 1. The van der Waals surface area contributed by atoms with Crippen LogP contribution in [-0.4, -0.2) is 30.5 Å². The zero-order valence-electron chi connectivity index (χ0n) is 10.4. The first-order chi connectivity index (χ1) is 9.04. The molecule has 7 heteroatoms. The van der Waals surface area contributed by atoms with E-state index in [4.69, 9.17) is 0 Å². The monoisotopic (exact) mass is 267 g/mol. The first kappa shape index (κ1) is 13.4. The Balaban J connectivity index is 2.37. The van der Waals surface area contributed by atoms with Gasteiger partial charge in [-0.1, -0.05) is 0 Å². The highest BCUT2D eigenvalue weighted by Gasteiger charge is 2.30. The molecule has 0 aliphatic carbocycles. The highest BCUT2D eigenvalue weighted by molar-refractivity contribution is 5.98. The van der Waals surface area contributed by atoms with E-state index in [0.29, 0.717) is 13.0 Å². The molecule has 0 saturated carbocycles. The topological polar surface area (TPSA) is 75.5 Å². The first-order valence-corrected chi connectivity index (χ1v) is 5.97. The lowest BCUT2D eigenvalue weighted by Crippen LogP contribution is -2.50. The maximum absolute atomic E-state index is 13.8. The van der Waals surface area contributed by atoms with E-state index in [0.717, 1.165) is 24.6 Å². The van der Waals surface area contributed by atoms with Crippen molar-refractivity contribution in [1.29, 1.82) is 0 Å². The molecular weight excluding hydrogens is 253 g/mol. The largest absolute Gasteiger partial charge is 0.309 e. The van der Waals surface area contributed by atoms with Gasteiger partial charge in [-0.05, 0) is 26.0 Å². The molecule has 2 rings (SSSR count). The average Bonchev–Trinajstić information content (AvgIpc) is 2.39. The van der Waals surface area contributed by atoms with Gasteiger partial charge in [0.1, 0.15) is 5.82 Å². The van der Waals surface area contributed by atoms with Gasteiger partial charge in [-0.25, -0.2) is 4.39 Å². The number of hydrogen-bond donors (Lipinski definition) is 1. The number of carbonyl (C=O) groups is 1. The number of benzene rings is 1. The van der Waals surface area contributed by atoms with Crippen LogP contribution in [0.2, 0.25) is 0 Å². The zero-order valence-corrected chi connectivity index (χ0v) is 10.4. The number of amides is 1. The van der Waals surface area contributed by atoms with Gasteiger partial charge in [0.15, 0.2) is 0 Å². The van der Waals surface area contributed by atoms with Gasteiger partial charge in [-0.15, -0.1) is 0 Å². The molecule has 1 aliphatic heterocycles. The molecule has 0 spiro atoms. The van der Waals surface area contributed by atoms with Crippen molar-refractivity contribution in [1.82, 2.24) is 5.32 Å². The highest BCUT2D eigenvalue weighted by Crippen LogP contribution is 2.28. The van der Waals surface area contributed by atoms with E-state index >= 15 is 0 Å². The molecule has 1 aromatic carbocycles. The number of piperidine rings is 1. The number of nitrogens with zero attached hydrogens (tertiary/aromatic N) is 2. The van der Waals surface area contributed by atoms with E-state index in [2.05, 4.69) is 5.32 Å². The van der Waals surface area contributed by atoms with Gasteiger partial charge >= 0.3 is 0 Å². The fraction of sp³-hybridized carbons (Fsp3) is 0.417. The van der Waals surface area contributed by atoms with Gasteiger partial charge in [0.2, 0.25) is 5.91 Å². The fourth-order valence-electron chi connectivity index (χ4n) is 2.20. The predicted molar refractivity (Wildman–Crippen MR) is 67.5 cm³/mol. The fourth-order valence-corrected chi connectivity index (χ4v) is 2.20. The average molecular weight is 267 g/mol. The number of likely N-dealkylation sites (N-methyl/N-ethyl adjacent to an activating group) is 1. The van der Waals surface area contributed by atoms with Gasteiger partial charge < -0.3 is 10.2 Å². The smallest absolute Gasteiger partial charge is 0.271 e. The molecule has 1 amide bonds. The van der Waals surface area contributed by atoms with Crippen molar-refractivity contribution in [2.45, 2.75) is 18.9 Å². The predicted octanol–water partition coefficient (Wildman–Crippen LogP) is 1.45. The standard InChI is InChI=1S/C12H14FN3O3/c1-14-10-3-2-6-15(12(10)17)11-7-8(16(18)19)4-5-9(11)13/h4-5,7,10,14H,2-3,6H2,1H3. The molecule has 1 atom stereocenters. The van der Waals surface area contributed by atoms with Crippen molar-refractivity contribution in [2.24, 2.45) is 0 Å². The van der Waals surface area contributed by atoms with Crippen LogP contribution in [0.15, 0.2) is 18.2 Å². The normalized spacial score (nSPS) is 19.6. The van der Waals surface area contributed by atoms with Gasteiger partial charge in [-0.3, -0.25) is 14.9 Å². The molecule has 1 fully saturated rings. The molecule has 6 nitrogen and oxygen atoms in total. The molecule has 1 aliphatic rings. The number of nitro groups is 1. The second kappa shape index (κ2) is 5.31. The summed E-state index contributed by atoms with van der Waals surface area (Å²) >= 11 is 0. The van der Waals surface area contributed by atoms with Gasteiger partial charge in [0.05, 0.1) is 16.7 Å². The molecule has 1 unspecified atom stereocenters. The summed E-state index contributed by atoms with van der Waals surface area (Å²) in [6.07, 6.45) is 1.40. The minimum atomic E-state index is -0.629. The number of halogens is 1. The summed E-state index contributed by atoms with van der Waals surface area (Å²) in [5, 5.41) is 13.6.